The maximum atomic E-state index is 11.7. The van der Waals surface area contributed by atoms with Gasteiger partial charge in [0.1, 0.15) is 1.41 Å². The van der Waals surface area contributed by atoms with E-state index in [1.807, 2.05) is 0 Å². The van der Waals surface area contributed by atoms with Gasteiger partial charge in [-0.3, -0.25) is 0 Å². The van der Waals surface area contributed by atoms with Crippen LogP contribution in [0.2, 0.25) is 1.41 Å². The predicted molar refractivity (Wildman–Crippen MR) is 51.8 cm³/mol. The van der Waals surface area contributed by atoms with Gasteiger partial charge in [0.25, 0.3) is 0 Å². The molecule has 3 N–H and O–H groups in total. The summed E-state index contributed by atoms with van der Waals surface area (Å²) < 4.78 is 74.3. The van der Waals surface area contributed by atoms with Crippen LogP contribution in [0.5, 0.6) is 0 Å². The van der Waals surface area contributed by atoms with Crippen LogP contribution < -0.4 is 5.13 Å². The summed E-state index contributed by atoms with van der Waals surface area (Å²) in [6, 6.07) is 0. The van der Waals surface area contributed by atoms with Crippen molar-refractivity contribution in [1.82, 2.24) is 0 Å². The number of primary sulfonamides is 1. The molecule has 0 amide bonds. The van der Waals surface area contributed by atoms with E-state index in [4.69, 9.17) is 8.27 Å². The van der Waals surface area contributed by atoms with E-state index in [0.717, 1.165) is 25.9 Å². The Morgan fingerprint density at radius 3 is 2.71 bits per heavy atom. The van der Waals surface area contributed by atoms with Crippen LogP contribution in [0.15, 0.2) is 0 Å². The Bertz CT molecular complexity index is 518. The first-order chi connectivity index (χ1) is 8.52. The van der Waals surface area contributed by atoms with E-state index in [2.05, 4.69) is 4.74 Å². The summed E-state index contributed by atoms with van der Waals surface area (Å²) in [6.07, 6.45) is -5.83. The highest BCUT2D eigenvalue weighted by Crippen LogP contribution is 2.35. The maximum Gasteiger partial charge on any atom is 0.236 e. The maximum absolute atomic E-state index is 11.7. The second-order valence-corrected chi connectivity index (χ2v) is 4.89. The summed E-state index contributed by atoms with van der Waals surface area (Å²) in [5, 5.41) is 11.1. The summed E-state index contributed by atoms with van der Waals surface area (Å²) in [7, 11) is -4.97. The van der Waals surface area contributed by atoms with Gasteiger partial charge in [0, 0.05) is 10.0 Å². The Hall–Kier alpha value is -0.170. The number of sulfonamides is 1. The first-order valence-corrected chi connectivity index (χ1v) is 5.36. The number of rotatable bonds is 3. The van der Waals surface area contributed by atoms with Crippen LogP contribution in [0.1, 0.15) is 34.0 Å². The first-order valence-electron chi connectivity index (χ1n) is 6.87. The standard InChI is InChI=1S/C8H17NO4S/c1-5-6(8(2,3)10)4-7(13-5)14(9,11)12/h5-7,10H,4H2,1-3H3,(H2,9,11,12)/i4D2,5D,6D,7D/hD. The average molecular weight is 229 g/mol. The van der Waals surface area contributed by atoms with Gasteiger partial charge in [-0.05, 0) is 27.1 Å². The summed E-state index contributed by atoms with van der Waals surface area (Å²) in [4.78, 5) is 0. The zero-order valence-corrected chi connectivity index (χ0v) is 8.90. The monoisotopic (exact) mass is 229 g/mol. The van der Waals surface area contributed by atoms with Crippen LogP contribution in [-0.2, 0) is 14.8 Å². The lowest BCUT2D eigenvalue weighted by Crippen LogP contribution is -2.35. The molecule has 1 saturated heterocycles. The Balaban J connectivity index is 3.72. The van der Waals surface area contributed by atoms with Gasteiger partial charge < -0.3 is 9.84 Å². The molecular weight excluding hydrogens is 206 g/mol. The molecule has 6 heteroatoms. The molecule has 0 aromatic rings. The summed E-state index contributed by atoms with van der Waals surface area (Å²) >= 11 is 0. The van der Waals surface area contributed by atoms with Gasteiger partial charge >= 0.3 is 0 Å². The molecule has 3 unspecified atom stereocenters. The normalized spacial score (nSPS) is 60.3. The predicted octanol–water partition coefficient (Wildman–Crippen LogP) is -0.203. The smallest absolute Gasteiger partial charge is 0.236 e. The van der Waals surface area contributed by atoms with E-state index in [-0.39, 0.29) is 0 Å². The molecule has 84 valence electrons. The molecule has 1 rings (SSSR count). The molecule has 3 atom stereocenters. The fourth-order valence-electron chi connectivity index (χ4n) is 1.11. The van der Waals surface area contributed by atoms with Crippen molar-refractivity contribution in [2.24, 2.45) is 11.0 Å². The summed E-state index contributed by atoms with van der Waals surface area (Å²) in [6.45, 7) is 2.95. The van der Waals surface area contributed by atoms with Gasteiger partial charge in [0.2, 0.25) is 10.0 Å². The van der Waals surface area contributed by atoms with Crippen molar-refractivity contribution in [3.63, 3.8) is 0 Å². The minimum atomic E-state index is -4.97. The molecular formula is C8H17NO4S. The van der Waals surface area contributed by atoms with Crippen molar-refractivity contribution in [2.45, 2.75) is 44.2 Å². The van der Waals surface area contributed by atoms with E-state index >= 15 is 0 Å². The van der Waals surface area contributed by atoms with Crippen molar-refractivity contribution in [3.05, 3.63) is 0 Å². The summed E-state index contributed by atoms with van der Waals surface area (Å²) in [5.74, 6) is -2.79. The van der Waals surface area contributed by atoms with E-state index in [1.54, 1.807) is 0 Å². The Labute approximate surface area is 92.8 Å². The second-order valence-electron chi connectivity index (χ2n) is 3.51. The van der Waals surface area contributed by atoms with Crippen molar-refractivity contribution in [2.75, 3.05) is 0 Å². The van der Waals surface area contributed by atoms with Crippen LogP contribution in [0.3, 0.4) is 0 Å². The molecule has 0 spiro atoms. The third kappa shape index (κ3) is 2.44. The lowest BCUT2D eigenvalue weighted by Gasteiger charge is -2.27. The van der Waals surface area contributed by atoms with Crippen LogP contribution in [-0.4, -0.2) is 30.6 Å². The van der Waals surface area contributed by atoms with Gasteiger partial charge in [0.05, 0.1) is 14.4 Å². The van der Waals surface area contributed by atoms with Gasteiger partial charge in [0.15, 0.2) is 5.41 Å². The lowest BCUT2D eigenvalue weighted by atomic mass is 9.86. The molecule has 1 aliphatic rings. The number of hydrogen-bond acceptors (Lipinski definition) is 4. The zero-order valence-electron chi connectivity index (χ0n) is 14.1. The van der Waals surface area contributed by atoms with E-state index in [9.17, 15) is 13.5 Å². The third-order valence-electron chi connectivity index (χ3n) is 1.68. The minimum Gasteiger partial charge on any atom is -0.390 e. The Kier molecular flexibility index (Phi) is 1.42. The van der Waals surface area contributed by atoms with Crippen LogP contribution in [0.25, 0.3) is 0 Å². The Morgan fingerprint density at radius 1 is 1.79 bits per heavy atom. The number of aliphatic hydroxyl groups is 1. The quantitative estimate of drug-likeness (QED) is 0.701. The average Bonchev–Trinajstić information content (AvgIpc) is 2.35. The number of nitrogens with two attached hydrogens (primary N) is 1. The van der Waals surface area contributed by atoms with E-state index < -0.39 is 39.4 Å². The summed E-state index contributed by atoms with van der Waals surface area (Å²) in [5.41, 5.74) is -5.60. The van der Waals surface area contributed by atoms with Crippen LogP contribution in [0, 0.1) is 5.89 Å². The van der Waals surface area contributed by atoms with Crippen LogP contribution >= 0.6 is 0 Å². The number of hydrogen-bond donors (Lipinski definition) is 2. The molecule has 0 aromatic heterocycles. The molecule has 0 saturated carbocycles. The molecule has 0 aliphatic carbocycles. The van der Waals surface area contributed by atoms with Crippen molar-refractivity contribution in [1.29, 1.82) is 0 Å². The SMILES string of the molecule is [2H]NS(=O)(=O)C1([2H])OC([2H])(C)C([2H])(C(C)(C)O)C1([2H])[2H]. The fraction of sp³-hybridized carbons (Fsp3) is 1.00. The highest BCUT2D eigenvalue weighted by molar-refractivity contribution is 7.89. The molecule has 0 bridgehead atoms. The molecule has 1 fully saturated rings. The van der Waals surface area contributed by atoms with Gasteiger partial charge in [-0.15, -0.1) is 0 Å². The molecule has 14 heavy (non-hydrogen) atoms. The Morgan fingerprint density at radius 2 is 2.36 bits per heavy atom. The van der Waals surface area contributed by atoms with Crippen molar-refractivity contribution < 1.29 is 26.5 Å². The largest absolute Gasteiger partial charge is 0.390 e. The highest BCUT2D eigenvalue weighted by atomic mass is 32.2. The van der Waals surface area contributed by atoms with Crippen molar-refractivity contribution >= 4 is 10.0 Å². The molecule has 0 radical (unpaired) electrons. The van der Waals surface area contributed by atoms with Gasteiger partial charge in [-0.1, -0.05) is 0 Å². The first kappa shape index (κ1) is 5.79. The topological polar surface area (TPSA) is 89.6 Å². The molecule has 5 nitrogen and oxygen atoms in total. The van der Waals surface area contributed by atoms with Gasteiger partial charge in [-0.25, -0.2) is 13.5 Å². The molecule has 1 aliphatic heterocycles. The third-order valence-corrected chi connectivity index (χ3v) is 2.35. The molecule has 0 aromatic carbocycles. The lowest BCUT2D eigenvalue weighted by molar-refractivity contribution is -0.0185. The van der Waals surface area contributed by atoms with E-state index in [1.165, 1.54) is 0 Å². The number of ether oxygens (including phenoxy) is 1. The van der Waals surface area contributed by atoms with Crippen molar-refractivity contribution in [3.8, 4) is 0 Å². The second kappa shape index (κ2) is 3.44. The zero-order chi connectivity index (χ0) is 16.4. The van der Waals surface area contributed by atoms with Gasteiger partial charge in [-0.2, -0.15) is 0 Å². The molecule has 1 heterocycles. The van der Waals surface area contributed by atoms with Crippen LogP contribution in [0.4, 0.5) is 0 Å². The van der Waals surface area contributed by atoms with E-state index in [0.29, 0.717) is 0 Å². The minimum absolute atomic E-state index is 0.894. The highest BCUT2D eigenvalue weighted by Gasteiger charge is 2.44. The fourth-order valence-corrected chi connectivity index (χ4v) is 1.58.